The van der Waals surface area contributed by atoms with Gasteiger partial charge in [0.1, 0.15) is 12.3 Å². The van der Waals surface area contributed by atoms with E-state index in [1.165, 1.54) is 30.3 Å². The molecule has 1 heterocycles. The number of nitrogens with one attached hydrogen (secondary N) is 1. The highest BCUT2D eigenvalue weighted by atomic mass is 32.2. The summed E-state index contributed by atoms with van der Waals surface area (Å²) < 4.78 is 21.3. The Morgan fingerprint density at radius 2 is 1.77 bits per heavy atom. The third-order valence-corrected chi connectivity index (χ3v) is 5.96. The van der Waals surface area contributed by atoms with E-state index in [1.54, 1.807) is 29.7 Å². The summed E-state index contributed by atoms with van der Waals surface area (Å²) in [6, 6.07) is 21.2. The summed E-state index contributed by atoms with van der Waals surface area (Å²) in [7, 11) is 0. The molecular formula is C24H20FN5O4S. The number of hydrogen-bond donors (Lipinski definition) is 1. The van der Waals surface area contributed by atoms with Crippen molar-refractivity contribution >= 4 is 29.0 Å². The van der Waals surface area contributed by atoms with Gasteiger partial charge in [0.25, 0.3) is 5.69 Å². The lowest BCUT2D eigenvalue weighted by molar-refractivity contribution is -0.383. The Morgan fingerprint density at radius 1 is 1.09 bits per heavy atom. The first-order valence-corrected chi connectivity index (χ1v) is 11.4. The highest BCUT2D eigenvalue weighted by molar-refractivity contribution is 8.00. The molecule has 0 aliphatic heterocycles. The van der Waals surface area contributed by atoms with E-state index in [9.17, 15) is 19.3 Å². The molecule has 0 bridgehead atoms. The van der Waals surface area contributed by atoms with Crippen molar-refractivity contribution in [3.05, 3.63) is 101 Å². The van der Waals surface area contributed by atoms with E-state index in [2.05, 4.69) is 15.5 Å². The Morgan fingerprint density at radius 3 is 2.51 bits per heavy atom. The van der Waals surface area contributed by atoms with Crippen molar-refractivity contribution in [3.8, 4) is 11.4 Å². The van der Waals surface area contributed by atoms with Gasteiger partial charge in [-0.3, -0.25) is 19.5 Å². The highest BCUT2D eigenvalue weighted by Gasteiger charge is 2.23. The molecule has 0 spiro atoms. The van der Waals surface area contributed by atoms with E-state index in [0.717, 1.165) is 17.4 Å². The van der Waals surface area contributed by atoms with Gasteiger partial charge in [-0.05, 0) is 37.3 Å². The number of halogens is 1. The van der Waals surface area contributed by atoms with Crippen LogP contribution in [-0.2, 0) is 11.4 Å². The molecule has 3 aromatic carbocycles. The van der Waals surface area contributed by atoms with E-state index < -0.39 is 21.9 Å². The van der Waals surface area contributed by atoms with E-state index in [0.29, 0.717) is 11.0 Å². The average Bonchev–Trinajstić information content (AvgIpc) is 3.26. The molecular weight excluding hydrogens is 473 g/mol. The minimum absolute atomic E-state index is 0.0554. The van der Waals surface area contributed by atoms with Gasteiger partial charge in [-0.2, -0.15) is 0 Å². The summed E-state index contributed by atoms with van der Waals surface area (Å²) in [5.74, 6) is -0.431. The zero-order chi connectivity index (χ0) is 24.8. The molecule has 0 aliphatic carbocycles. The third kappa shape index (κ3) is 5.64. The molecule has 0 fully saturated rings. The average molecular weight is 494 g/mol. The van der Waals surface area contributed by atoms with Crippen molar-refractivity contribution in [2.45, 2.75) is 23.9 Å². The zero-order valence-corrected chi connectivity index (χ0v) is 19.3. The summed E-state index contributed by atoms with van der Waals surface area (Å²) in [5, 5.41) is 22.0. The predicted octanol–water partition coefficient (Wildman–Crippen LogP) is 5.01. The monoisotopic (exact) mass is 493 g/mol. The fourth-order valence-corrected chi connectivity index (χ4v) is 4.08. The number of rotatable bonds is 9. The van der Waals surface area contributed by atoms with Crippen LogP contribution in [0.1, 0.15) is 12.7 Å². The summed E-state index contributed by atoms with van der Waals surface area (Å²) >= 11 is 1.13. The van der Waals surface area contributed by atoms with Crippen LogP contribution in [0.5, 0.6) is 5.75 Å². The first kappa shape index (κ1) is 23.9. The lowest BCUT2D eigenvalue weighted by Crippen LogP contribution is -2.23. The first-order valence-electron chi connectivity index (χ1n) is 10.5. The lowest BCUT2D eigenvalue weighted by atomic mass is 10.2. The Bertz CT molecular complexity index is 1350. The predicted molar refractivity (Wildman–Crippen MR) is 129 cm³/mol. The smallest absolute Gasteiger partial charge is 0.292 e. The SMILES string of the molecule is C[C@H](Sc1nnc(COc2ccccc2F)n1-c1ccccc1)C(=O)Nc1ccccc1[N+](=O)[O-]. The molecule has 178 valence electrons. The van der Waals surface area contributed by atoms with Gasteiger partial charge in [-0.1, -0.05) is 54.2 Å². The van der Waals surface area contributed by atoms with Crippen LogP contribution in [0.25, 0.3) is 5.69 Å². The standard InChI is InChI=1S/C24H20FN5O4S/c1-16(23(31)26-19-12-6-7-13-20(19)30(32)33)35-24-28-27-22(29(24)17-9-3-2-4-10-17)15-34-21-14-8-5-11-18(21)25/h2-14,16H,15H2,1H3,(H,26,31)/t16-/m0/s1. The van der Waals surface area contributed by atoms with Crippen LogP contribution in [0.15, 0.2) is 84.0 Å². The second kappa shape index (κ2) is 10.8. The minimum Gasteiger partial charge on any atom is -0.483 e. The van der Waals surface area contributed by atoms with E-state index >= 15 is 0 Å². The van der Waals surface area contributed by atoms with E-state index in [1.807, 2.05) is 30.3 Å². The van der Waals surface area contributed by atoms with Gasteiger partial charge >= 0.3 is 0 Å². The molecule has 4 rings (SSSR count). The number of carbonyl (C=O) groups is 1. The number of nitro benzene ring substituents is 1. The molecule has 35 heavy (non-hydrogen) atoms. The number of carbonyl (C=O) groups excluding carboxylic acids is 1. The number of para-hydroxylation sites is 4. The second-order valence-corrected chi connectivity index (χ2v) is 8.62. The van der Waals surface area contributed by atoms with Gasteiger partial charge in [0.2, 0.25) is 5.91 Å². The maximum atomic E-state index is 14.0. The van der Waals surface area contributed by atoms with Crippen LogP contribution < -0.4 is 10.1 Å². The van der Waals surface area contributed by atoms with Gasteiger partial charge < -0.3 is 10.1 Å². The van der Waals surface area contributed by atoms with Crippen molar-refractivity contribution < 1.29 is 18.8 Å². The number of thioether (sulfide) groups is 1. The summed E-state index contributed by atoms with van der Waals surface area (Å²) in [4.78, 5) is 23.5. The number of amides is 1. The molecule has 9 nitrogen and oxygen atoms in total. The number of anilines is 1. The molecule has 1 aromatic heterocycles. The van der Waals surface area contributed by atoms with Crippen LogP contribution >= 0.6 is 11.8 Å². The number of benzene rings is 3. The van der Waals surface area contributed by atoms with Crippen LogP contribution in [0.2, 0.25) is 0 Å². The summed E-state index contributed by atoms with van der Waals surface area (Å²) in [5.41, 5.74) is 0.648. The largest absolute Gasteiger partial charge is 0.483 e. The maximum Gasteiger partial charge on any atom is 0.292 e. The first-order chi connectivity index (χ1) is 16.9. The molecule has 0 saturated heterocycles. The normalized spacial score (nSPS) is 11.6. The number of hydrogen-bond acceptors (Lipinski definition) is 7. The maximum absolute atomic E-state index is 14.0. The van der Waals surface area contributed by atoms with Crippen molar-refractivity contribution in [2.75, 3.05) is 5.32 Å². The van der Waals surface area contributed by atoms with Gasteiger partial charge in [-0.25, -0.2) is 4.39 Å². The summed E-state index contributed by atoms with van der Waals surface area (Å²) in [6.45, 7) is 1.61. The molecule has 11 heteroatoms. The van der Waals surface area contributed by atoms with Crippen LogP contribution in [0.3, 0.4) is 0 Å². The second-order valence-electron chi connectivity index (χ2n) is 7.31. The van der Waals surface area contributed by atoms with Crippen molar-refractivity contribution in [1.29, 1.82) is 0 Å². The molecule has 4 aromatic rings. The number of nitro groups is 1. The van der Waals surface area contributed by atoms with Gasteiger partial charge in [0.05, 0.1) is 10.2 Å². The molecule has 0 aliphatic rings. The van der Waals surface area contributed by atoms with Crippen molar-refractivity contribution in [1.82, 2.24) is 14.8 Å². The molecule has 1 atom stereocenters. The zero-order valence-electron chi connectivity index (χ0n) is 18.5. The Kier molecular flexibility index (Phi) is 7.36. The number of aromatic nitrogens is 3. The fourth-order valence-electron chi connectivity index (χ4n) is 3.20. The molecule has 1 amide bonds. The Labute approximate surface area is 204 Å². The van der Waals surface area contributed by atoms with Gasteiger partial charge in [0, 0.05) is 11.8 Å². The van der Waals surface area contributed by atoms with Crippen molar-refractivity contribution in [2.24, 2.45) is 0 Å². The van der Waals surface area contributed by atoms with Crippen LogP contribution in [-0.4, -0.2) is 30.8 Å². The van der Waals surface area contributed by atoms with Crippen molar-refractivity contribution in [3.63, 3.8) is 0 Å². The van der Waals surface area contributed by atoms with Gasteiger partial charge in [-0.15, -0.1) is 10.2 Å². The van der Waals surface area contributed by atoms with E-state index in [-0.39, 0.29) is 23.7 Å². The lowest BCUT2D eigenvalue weighted by Gasteiger charge is -2.14. The molecule has 1 N–H and O–H groups in total. The Hall–Kier alpha value is -4.25. The van der Waals surface area contributed by atoms with Crippen LogP contribution in [0, 0.1) is 15.9 Å². The molecule has 0 saturated carbocycles. The highest BCUT2D eigenvalue weighted by Crippen LogP contribution is 2.29. The molecule has 0 radical (unpaired) electrons. The quantitative estimate of drug-likeness (QED) is 0.198. The van der Waals surface area contributed by atoms with E-state index in [4.69, 9.17) is 4.74 Å². The number of nitrogens with zero attached hydrogens (tertiary/aromatic N) is 4. The molecule has 0 unspecified atom stereocenters. The summed E-state index contributed by atoms with van der Waals surface area (Å²) in [6.07, 6.45) is 0. The number of ether oxygens (including phenoxy) is 1. The Balaban J connectivity index is 1.56. The van der Waals surface area contributed by atoms with Gasteiger partial charge in [0.15, 0.2) is 22.5 Å². The third-order valence-electron chi connectivity index (χ3n) is 4.92. The van der Waals surface area contributed by atoms with Crippen LogP contribution in [0.4, 0.5) is 15.8 Å². The fraction of sp³-hybridized carbons (Fsp3) is 0.125. The topological polar surface area (TPSA) is 112 Å². The minimum atomic E-state index is -0.665.